The zero-order valence-corrected chi connectivity index (χ0v) is 8.65. The highest BCUT2D eigenvalue weighted by molar-refractivity contribution is 5.92. The number of amides is 1. The van der Waals surface area contributed by atoms with E-state index in [0.717, 1.165) is 25.1 Å². The van der Waals surface area contributed by atoms with Crippen molar-refractivity contribution in [2.75, 3.05) is 18.4 Å². The molecule has 0 spiro atoms. The Bertz CT molecular complexity index is 318. The van der Waals surface area contributed by atoms with Crippen molar-refractivity contribution in [3.8, 4) is 0 Å². The molecular weight excluding hydrogens is 188 g/mol. The van der Waals surface area contributed by atoms with Crippen LogP contribution in [-0.2, 0) is 4.79 Å². The summed E-state index contributed by atoms with van der Waals surface area (Å²) in [7, 11) is 0. The molecule has 1 atom stereocenters. The molecule has 3 nitrogen and oxygen atoms in total. The van der Waals surface area contributed by atoms with Crippen molar-refractivity contribution in [3.63, 3.8) is 0 Å². The molecule has 1 N–H and O–H groups in total. The fraction of sp³-hybridized carbons (Fsp3) is 0.417. The number of hydrogen-bond acceptors (Lipinski definition) is 1. The normalized spacial score (nSPS) is 20.9. The lowest BCUT2D eigenvalue weighted by Crippen LogP contribution is -2.33. The molecule has 1 aliphatic rings. The smallest absolute Gasteiger partial charge is 0.228 e. The van der Waals surface area contributed by atoms with Crippen molar-refractivity contribution in [3.05, 3.63) is 30.3 Å². The topological polar surface area (TPSA) is 43.2 Å². The minimum absolute atomic E-state index is 0.0685. The highest BCUT2D eigenvalue weighted by atomic mass is 16.1. The van der Waals surface area contributed by atoms with Gasteiger partial charge in [0.2, 0.25) is 5.91 Å². The van der Waals surface area contributed by atoms with E-state index in [9.17, 15) is 4.79 Å². The number of hydrogen-bond donors (Lipinski definition) is 1. The van der Waals surface area contributed by atoms with Crippen LogP contribution in [0, 0.1) is 5.92 Å². The number of benzene rings is 1. The number of anilines is 1. The zero-order valence-electron chi connectivity index (χ0n) is 8.65. The molecule has 0 bridgehead atoms. The third-order valence-electron chi connectivity index (χ3n) is 2.63. The second kappa shape index (κ2) is 4.94. The second-order valence-electron chi connectivity index (χ2n) is 3.82. The van der Waals surface area contributed by atoms with Crippen LogP contribution in [0.4, 0.5) is 5.69 Å². The fourth-order valence-corrected chi connectivity index (χ4v) is 1.77. The summed E-state index contributed by atoms with van der Waals surface area (Å²) in [6.07, 6.45) is 2.00. The van der Waals surface area contributed by atoms with Gasteiger partial charge in [0.15, 0.2) is 0 Å². The molecule has 0 aromatic heterocycles. The molecule has 2 rings (SSSR count). The number of carbonyl (C=O) groups excluding carboxylic acids is 1. The lowest BCUT2D eigenvalue weighted by molar-refractivity contribution is -0.120. The third-order valence-corrected chi connectivity index (χ3v) is 2.63. The average Bonchev–Trinajstić information content (AvgIpc) is 2.31. The van der Waals surface area contributed by atoms with Gasteiger partial charge in [0.25, 0.3) is 0 Å². The van der Waals surface area contributed by atoms with Crippen LogP contribution >= 0.6 is 0 Å². The molecule has 15 heavy (non-hydrogen) atoms. The Morgan fingerprint density at radius 2 is 2.13 bits per heavy atom. The van der Waals surface area contributed by atoms with E-state index >= 15 is 0 Å². The van der Waals surface area contributed by atoms with Gasteiger partial charge >= 0.3 is 0 Å². The third kappa shape index (κ3) is 2.80. The summed E-state index contributed by atoms with van der Waals surface area (Å²) < 4.78 is 0. The SMILES string of the molecule is O=C(Nc1ccccc1)C1CCC[N]C1. The molecular formula is C12H15N2O. The van der Waals surface area contributed by atoms with Gasteiger partial charge < -0.3 is 5.32 Å². The molecule has 1 aromatic carbocycles. The van der Waals surface area contributed by atoms with E-state index < -0.39 is 0 Å². The summed E-state index contributed by atoms with van der Waals surface area (Å²) in [6.45, 7) is 1.59. The van der Waals surface area contributed by atoms with E-state index in [0.29, 0.717) is 6.54 Å². The first kappa shape index (κ1) is 10.2. The summed E-state index contributed by atoms with van der Waals surface area (Å²) in [4.78, 5) is 11.8. The molecule has 1 heterocycles. The van der Waals surface area contributed by atoms with Crippen LogP contribution in [0.3, 0.4) is 0 Å². The van der Waals surface area contributed by atoms with E-state index in [2.05, 4.69) is 10.6 Å². The first-order valence-electron chi connectivity index (χ1n) is 5.35. The Kier molecular flexibility index (Phi) is 3.35. The minimum Gasteiger partial charge on any atom is -0.326 e. The van der Waals surface area contributed by atoms with Crippen LogP contribution in [0.1, 0.15) is 12.8 Å². The largest absolute Gasteiger partial charge is 0.326 e. The van der Waals surface area contributed by atoms with Gasteiger partial charge in [-0.25, -0.2) is 5.32 Å². The van der Waals surface area contributed by atoms with Gasteiger partial charge in [0.05, 0.1) is 5.92 Å². The maximum Gasteiger partial charge on any atom is 0.228 e. The van der Waals surface area contributed by atoms with Gasteiger partial charge in [0.1, 0.15) is 0 Å². The predicted octanol–water partition coefficient (Wildman–Crippen LogP) is 1.64. The summed E-state index contributed by atoms with van der Waals surface area (Å²) in [5.41, 5.74) is 0.869. The number of para-hydroxylation sites is 1. The number of nitrogens with one attached hydrogen (secondary N) is 1. The molecule has 1 aromatic rings. The van der Waals surface area contributed by atoms with E-state index in [1.165, 1.54) is 0 Å². The van der Waals surface area contributed by atoms with Crippen molar-refractivity contribution < 1.29 is 4.79 Å². The number of nitrogens with zero attached hydrogens (tertiary/aromatic N) is 1. The highest BCUT2D eigenvalue weighted by Gasteiger charge is 2.21. The molecule has 0 saturated carbocycles. The quantitative estimate of drug-likeness (QED) is 0.780. The van der Waals surface area contributed by atoms with Gasteiger partial charge in [-0.15, -0.1) is 0 Å². The fourth-order valence-electron chi connectivity index (χ4n) is 1.77. The van der Waals surface area contributed by atoms with Gasteiger partial charge in [0, 0.05) is 18.8 Å². The van der Waals surface area contributed by atoms with Gasteiger partial charge in [-0.1, -0.05) is 18.2 Å². The summed E-state index contributed by atoms with van der Waals surface area (Å²) in [5.74, 6) is 0.170. The van der Waals surface area contributed by atoms with Crippen molar-refractivity contribution in [1.82, 2.24) is 5.32 Å². The van der Waals surface area contributed by atoms with Crippen molar-refractivity contribution in [2.45, 2.75) is 12.8 Å². The zero-order chi connectivity index (χ0) is 10.5. The molecule has 3 heteroatoms. The van der Waals surface area contributed by atoms with E-state index in [1.54, 1.807) is 0 Å². The number of piperidine rings is 1. The average molecular weight is 203 g/mol. The Labute approximate surface area is 89.9 Å². The van der Waals surface area contributed by atoms with Gasteiger partial charge in [-0.05, 0) is 25.0 Å². The van der Waals surface area contributed by atoms with E-state index in [4.69, 9.17) is 0 Å². The Morgan fingerprint density at radius 1 is 1.33 bits per heavy atom. The summed E-state index contributed by atoms with van der Waals surface area (Å²) >= 11 is 0. The number of rotatable bonds is 2. The van der Waals surface area contributed by atoms with Crippen LogP contribution in [0.5, 0.6) is 0 Å². The van der Waals surface area contributed by atoms with Gasteiger partial charge in [-0.3, -0.25) is 4.79 Å². The summed E-state index contributed by atoms with van der Waals surface area (Å²) in [5, 5.41) is 7.17. The Morgan fingerprint density at radius 3 is 2.80 bits per heavy atom. The second-order valence-corrected chi connectivity index (χ2v) is 3.82. The molecule has 1 amide bonds. The summed E-state index contributed by atoms with van der Waals surface area (Å²) in [6, 6.07) is 9.57. The van der Waals surface area contributed by atoms with Crippen molar-refractivity contribution in [1.29, 1.82) is 0 Å². The van der Waals surface area contributed by atoms with Crippen molar-refractivity contribution in [2.24, 2.45) is 5.92 Å². The van der Waals surface area contributed by atoms with Gasteiger partial charge in [-0.2, -0.15) is 0 Å². The van der Waals surface area contributed by atoms with Crippen LogP contribution in [0.15, 0.2) is 30.3 Å². The first-order valence-corrected chi connectivity index (χ1v) is 5.35. The molecule has 1 aliphatic heterocycles. The molecule has 79 valence electrons. The van der Waals surface area contributed by atoms with Crippen LogP contribution in [-0.4, -0.2) is 19.0 Å². The molecule has 0 aliphatic carbocycles. The molecule has 1 saturated heterocycles. The standard InChI is InChI=1S/C12H15N2O/c15-12(10-5-4-8-13-9-10)14-11-6-2-1-3-7-11/h1-3,6-7,10H,4-5,8-9H2,(H,14,15). The molecule has 1 fully saturated rings. The maximum atomic E-state index is 11.8. The molecule has 1 unspecified atom stereocenters. The van der Waals surface area contributed by atoms with Crippen LogP contribution in [0.2, 0.25) is 0 Å². The first-order chi connectivity index (χ1) is 7.36. The highest BCUT2D eigenvalue weighted by Crippen LogP contribution is 2.14. The van der Waals surface area contributed by atoms with Crippen LogP contribution in [0.25, 0.3) is 0 Å². The number of carbonyl (C=O) groups is 1. The predicted molar refractivity (Wildman–Crippen MR) is 59.7 cm³/mol. The Balaban J connectivity index is 1.91. The van der Waals surface area contributed by atoms with Crippen LogP contribution < -0.4 is 10.6 Å². The lowest BCUT2D eigenvalue weighted by Gasteiger charge is -2.20. The lowest BCUT2D eigenvalue weighted by atomic mass is 9.99. The maximum absolute atomic E-state index is 11.8. The van der Waals surface area contributed by atoms with E-state index in [-0.39, 0.29) is 11.8 Å². The monoisotopic (exact) mass is 203 g/mol. The van der Waals surface area contributed by atoms with Crippen molar-refractivity contribution >= 4 is 11.6 Å². The van der Waals surface area contributed by atoms with E-state index in [1.807, 2.05) is 30.3 Å². The Hall–Kier alpha value is -1.35. The minimum atomic E-state index is 0.0685. The molecule has 1 radical (unpaired) electrons.